The maximum absolute atomic E-state index is 12.1. The van der Waals surface area contributed by atoms with Gasteiger partial charge in [-0.3, -0.25) is 9.59 Å². The lowest BCUT2D eigenvalue weighted by atomic mass is 10.0. The van der Waals surface area contributed by atoms with E-state index < -0.39 is 0 Å². The predicted molar refractivity (Wildman–Crippen MR) is 87.1 cm³/mol. The van der Waals surface area contributed by atoms with E-state index in [1.165, 1.54) is 0 Å². The molecule has 0 radical (unpaired) electrons. The van der Waals surface area contributed by atoms with E-state index in [1.54, 1.807) is 6.07 Å². The number of carbonyl (C=O) groups is 2. The molecular weight excluding hydrogens is 276 g/mol. The van der Waals surface area contributed by atoms with E-state index >= 15 is 0 Å². The third kappa shape index (κ3) is 4.25. The molecule has 2 rings (SSSR count). The molecule has 0 aliphatic carbocycles. The Bertz CT molecular complexity index is 708. The lowest BCUT2D eigenvalue weighted by molar-refractivity contribution is -0.116. The van der Waals surface area contributed by atoms with Crippen molar-refractivity contribution in [3.63, 3.8) is 0 Å². The van der Waals surface area contributed by atoms with Crippen LogP contribution in [0.3, 0.4) is 0 Å². The van der Waals surface area contributed by atoms with Crippen molar-refractivity contribution in [3.05, 3.63) is 58.8 Å². The molecular formula is C18H20N2O2. The summed E-state index contributed by atoms with van der Waals surface area (Å²) in [7, 11) is 0. The quantitative estimate of drug-likeness (QED) is 0.857. The number of pyridine rings is 1. The van der Waals surface area contributed by atoms with Crippen molar-refractivity contribution in [3.8, 4) is 0 Å². The Hall–Kier alpha value is -2.49. The molecule has 1 heterocycles. The van der Waals surface area contributed by atoms with E-state index in [4.69, 9.17) is 0 Å². The molecule has 0 atom stereocenters. The van der Waals surface area contributed by atoms with Crippen LogP contribution < -0.4 is 5.32 Å². The Labute approximate surface area is 130 Å². The molecule has 1 aromatic carbocycles. The summed E-state index contributed by atoms with van der Waals surface area (Å²) in [5, 5.41) is 2.71. The van der Waals surface area contributed by atoms with Crippen molar-refractivity contribution in [2.45, 2.75) is 33.6 Å². The Kier molecular flexibility index (Phi) is 5.04. The largest absolute Gasteiger partial charge is 0.311 e. The van der Waals surface area contributed by atoms with Gasteiger partial charge in [-0.1, -0.05) is 18.2 Å². The van der Waals surface area contributed by atoms with Gasteiger partial charge < -0.3 is 5.32 Å². The molecule has 1 amide bonds. The maximum atomic E-state index is 12.1. The van der Waals surface area contributed by atoms with Crippen molar-refractivity contribution in [2.75, 3.05) is 5.32 Å². The SMILES string of the molecule is Cc1cccc(NC(=O)CCC(=O)c2ccc(C)c(C)c2)n1. The van der Waals surface area contributed by atoms with Gasteiger partial charge in [-0.25, -0.2) is 4.98 Å². The van der Waals surface area contributed by atoms with Gasteiger partial charge in [0.2, 0.25) is 5.91 Å². The minimum Gasteiger partial charge on any atom is -0.311 e. The van der Waals surface area contributed by atoms with E-state index in [0.29, 0.717) is 11.4 Å². The second-order valence-electron chi connectivity index (χ2n) is 5.43. The van der Waals surface area contributed by atoms with Crippen LogP contribution in [0.4, 0.5) is 5.82 Å². The molecule has 0 saturated heterocycles. The number of hydrogen-bond acceptors (Lipinski definition) is 3. The molecule has 1 N–H and O–H groups in total. The third-order valence-electron chi connectivity index (χ3n) is 3.56. The highest BCUT2D eigenvalue weighted by atomic mass is 16.2. The molecule has 0 bridgehead atoms. The van der Waals surface area contributed by atoms with Crippen LogP contribution >= 0.6 is 0 Å². The first-order valence-corrected chi connectivity index (χ1v) is 7.29. The van der Waals surface area contributed by atoms with Gasteiger partial charge in [0.05, 0.1) is 0 Å². The summed E-state index contributed by atoms with van der Waals surface area (Å²) in [6, 6.07) is 11.0. The number of carbonyl (C=O) groups excluding carboxylic acids is 2. The first-order valence-electron chi connectivity index (χ1n) is 7.29. The lowest BCUT2D eigenvalue weighted by Gasteiger charge is -2.06. The Morgan fingerprint density at radius 1 is 1.00 bits per heavy atom. The fourth-order valence-corrected chi connectivity index (χ4v) is 2.10. The average molecular weight is 296 g/mol. The summed E-state index contributed by atoms with van der Waals surface area (Å²) in [5.74, 6) is 0.300. The van der Waals surface area contributed by atoms with Crippen LogP contribution in [0, 0.1) is 20.8 Å². The first-order chi connectivity index (χ1) is 10.5. The van der Waals surface area contributed by atoms with Gasteiger partial charge in [0.1, 0.15) is 5.82 Å². The zero-order chi connectivity index (χ0) is 16.1. The monoisotopic (exact) mass is 296 g/mol. The molecule has 1 aromatic heterocycles. The summed E-state index contributed by atoms with van der Waals surface area (Å²) in [6.07, 6.45) is 0.349. The smallest absolute Gasteiger partial charge is 0.225 e. The highest BCUT2D eigenvalue weighted by Gasteiger charge is 2.10. The van der Waals surface area contributed by atoms with E-state index in [9.17, 15) is 9.59 Å². The van der Waals surface area contributed by atoms with Crippen LogP contribution in [-0.4, -0.2) is 16.7 Å². The van der Waals surface area contributed by atoms with E-state index in [1.807, 2.05) is 51.1 Å². The zero-order valence-corrected chi connectivity index (χ0v) is 13.1. The highest BCUT2D eigenvalue weighted by molar-refractivity contribution is 5.99. The number of benzene rings is 1. The van der Waals surface area contributed by atoms with Crippen LogP contribution in [0.15, 0.2) is 36.4 Å². The number of nitrogens with one attached hydrogen (secondary N) is 1. The molecule has 0 aliphatic heterocycles. The number of hydrogen-bond donors (Lipinski definition) is 1. The Balaban J connectivity index is 1.90. The molecule has 0 spiro atoms. The number of amides is 1. The minimum absolute atomic E-state index is 0.0181. The second kappa shape index (κ2) is 6.98. The minimum atomic E-state index is -0.199. The summed E-state index contributed by atoms with van der Waals surface area (Å²) < 4.78 is 0. The number of aromatic nitrogens is 1. The Morgan fingerprint density at radius 2 is 1.77 bits per heavy atom. The predicted octanol–water partition coefficient (Wildman–Crippen LogP) is 3.61. The summed E-state index contributed by atoms with van der Waals surface area (Å²) >= 11 is 0. The fraction of sp³-hybridized carbons (Fsp3) is 0.278. The lowest BCUT2D eigenvalue weighted by Crippen LogP contribution is -2.14. The fourth-order valence-electron chi connectivity index (χ4n) is 2.10. The molecule has 0 aliphatic rings. The molecule has 0 fully saturated rings. The molecule has 0 saturated carbocycles. The topological polar surface area (TPSA) is 59.1 Å². The van der Waals surface area contributed by atoms with E-state index in [-0.39, 0.29) is 24.5 Å². The zero-order valence-electron chi connectivity index (χ0n) is 13.1. The number of Topliss-reactive ketones (excluding diaryl/α,β-unsaturated/α-hetero) is 1. The summed E-state index contributed by atoms with van der Waals surface area (Å²) in [4.78, 5) is 28.2. The normalized spacial score (nSPS) is 10.3. The van der Waals surface area contributed by atoms with Crippen LogP contribution in [0.5, 0.6) is 0 Å². The van der Waals surface area contributed by atoms with Crippen LogP contribution in [0.25, 0.3) is 0 Å². The van der Waals surface area contributed by atoms with Gasteiger partial charge in [0, 0.05) is 24.1 Å². The molecule has 0 unspecified atom stereocenters. The first kappa shape index (κ1) is 15.9. The molecule has 2 aromatic rings. The van der Waals surface area contributed by atoms with Gasteiger partial charge in [0.15, 0.2) is 5.78 Å². The second-order valence-corrected chi connectivity index (χ2v) is 5.43. The molecule has 4 nitrogen and oxygen atoms in total. The van der Waals surface area contributed by atoms with Gasteiger partial charge in [0.25, 0.3) is 0 Å². The van der Waals surface area contributed by atoms with Crippen molar-refractivity contribution >= 4 is 17.5 Å². The van der Waals surface area contributed by atoms with Gasteiger partial charge in [-0.05, 0) is 50.1 Å². The van der Waals surface area contributed by atoms with E-state index in [0.717, 1.165) is 16.8 Å². The third-order valence-corrected chi connectivity index (χ3v) is 3.56. The van der Waals surface area contributed by atoms with Crippen molar-refractivity contribution in [1.82, 2.24) is 4.98 Å². The number of aryl methyl sites for hydroxylation is 3. The average Bonchev–Trinajstić information content (AvgIpc) is 2.47. The van der Waals surface area contributed by atoms with Crippen LogP contribution in [0.1, 0.15) is 40.0 Å². The number of ketones is 1. The molecule has 114 valence electrons. The van der Waals surface area contributed by atoms with Gasteiger partial charge >= 0.3 is 0 Å². The number of anilines is 1. The van der Waals surface area contributed by atoms with Crippen LogP contribution in [-0.2, 0) is 4.79 Å². The molecule has 22 heavy (non-hydrogen) atoms. The molecule has 4 heteroatoms. The van der Waals surface area contributed by atoms with Gasteiger partial charge in [-0.15, -0.1) is 0 Å². The summed E-state index contributed by atoms with van der Waals surface area (Å²) in [6.45, 7) is 5.84. The number of rotatable bonds is 5. The van der Waals surface area contributed by atoms with Crippen molar-refractivity contribution in [1.29, 1.82) is 0 Å². The van der Waals surface area contributed by atoms with E-state index in [2.05, 4.69) is 10.3 Å². The highest BCUT2D eigenvalue weighted by Crippen LogP contribution is 2.13. The van der Waals surface area contributed by atoms with Gasteiger partial charge in [-0.2, -0.15) is 0 Å². The standard InChI is InChI=1S/C18H20N2O2/c1-12-7-8-15(11-13(12)2)16(21)9-10-18(22)20-17-6-4-5-14(3)19-17/h4-8,11H,9-10H2,1-3H3,(H,19,20,22). The van der Waals surface area contributed by atoms with Crippen molar-refractivity contribution < 1.29 is 9.59 Å². The maximum Gasteiger partial charge on any atom is 0.225 e. The number of nitrogens with zero attached hydrogens (tertiary/aromatic N) is 1. The summed E-state index contributed by atoms with van der Waals surface area (Å²) in [5.41, 5.74) is 3.73. The van der Waals surface area contributed by atoms with Crippen LogP contribution in [0.2, 0.25) is 0 Å². The van der Waals surface area contributed by atoms with Crippen molar-refractivity contribution in [2.24, 2.45) is 0 Å². The Morgan fingerprint density at radius 3 is 2.45 bits per heavy atom.